The van der Waals surface area contributed by atoms with Gasteiger partial charge in [0.05, 0.1) is 5.69 Å². The van der Waals surface area contributed by atoms with E-state index in [2.05, 4.69) is 28.2 Å². The molecule has 2 aromatic rings. The van der Waals surface area contributed by atoms with Crippen molar-refractivity contribution in [1.82, 2.24) is 19.9 Å². The number of para-hydroxylation sites is 1. The second-order valence-corrected chi connectivity index (χ2v) is 7.57. The van der Waals surface area contributed by atoms with E-state index in [0.717, 1.165) is 25.1 Å². The fourth-order valence-corrected chi connectivity index (χ4v) is 3.74. The molecule has 4 rings (SSSR count). The number of rotatable bonds is 5. The highest BCUT2D eigenvalue weighted by atomic mass is 19.1. The van der Waals surface area contributed by atoms with Crippen molar-refractivity contribution in [3.8, 4) is 0 Å². The zero-order valence-corrected chi connectivity index (χ0v) is 16.7. The van der Waals surface area contributed by atoms with Gasteiger partial charge in [-0.3, -0.25) is 4.79 Å². The summed E-state index contributed by atoms with van der Waals surface area (Å²) in [6.07, 6.45) is 3.80. The van der Waals surface area contributed by atoms with Crippen molar-refractivity contribution >= 4 is 17.2 Å². The summed E-state index contributed by atoms with van der Waals surface area (Å²) in [4.78, 5) is 23.0. The Balaban J connectivity index is 1.26. The topological polar surface area (TPSA) is 65.7 Å². The third kappa shape index (κ3) is 4.64. The molecule has 0 N–H and O–H groups in total. The van der Waals surface area contributed by atoms with Crippen LogP contribution in [0.1, 0.15) is 24.6 Å². The summed E-state index contributed by atoms with van der Waals surface area (Å²) in [5.41, 5.74) is 1.70. The molecule has 0 radical (unpaired) electrons. The van der Waals surface area contributed by atoms with Crippen LogP contribution in [0.15, 0.2) is 34.9 Å². The number of likely N-dealkylation sites (N-methyl/N-ethyl adjacent to an activating group) is 1. The van der Waals surface area contributed by atoms with Crippen LogP contribution in [-0.2, 0) is 11.2 Å². The van der Waals surface area contributed by atoms with Crippen LogP contribution in [0, 0.1) is 5.82 Å². The van der Waals surface area contributed by atoms with E-state index in [-0.39, 0.29) is 11.7 Å². The van der Waals surface area contributed by atoms with Crippen LogP contribution in [0.4, 0.5) is 10.1 Å². The number of aryl methyl sites for hydroxylation is 1. The Morgan fingerprint density at radius 3 is 2.69 bits per heavy atom. The Kier molecular flexibility index (Phi) is 5.89. The maximum absolute atomic E-state index is 13.9. The Morgan fingerprint density at radius 1 is 1.17 bits per heavy atom. The van der Waals surface area contributed by atoms with Crippen molar-refractivity contribution in [1.29, 1.82) is 0 Å². The first-order chi connectivity index (χ1) is 14.1. The summed E-state index contributed by atoms with van der Waals surface area (Å²) in [5, 5.41) is 4.07. The van der Waals surface area contributed by atoms with Gasteiger partial charge in [-0.2, -0.15) is 4.98 Å². The fourth-order valence-electron chi connectivity index (χ4n) is 3.74. The number of benzene rings is 1. The third-order valence-electron chi connectivity index (χ3n) is 5.55. The summed E-state index contributed by atoms with van der Waals surface area (Å²) in [5.74, 6) is 0.980. The molecular formula is C21H26FN5O2. The summed E-state index contributed by atoms with van der Waals surface area (Å²) >= 11 is 0. The molecule has 2 aliphatic rings. The number of anilines is 1. The van der Waals surface area contributed by atoms with E-state index in [1.807, 2.05) is 15.9 Å². The number of hydrogen-bond acceptors (Lipinski definition) is 6. The quantitative estimate of drug-likeness (QED) is 0.768. The van der Waals surface area contributed by atoms with Crippen LogP contribution < -0.4 is 4.90 Å². The highest BCUT2D eigenvalue weighted by molar-refractivity contribution is 5.76. The number of amides is 1. The third-order valence-corrected chi connectivity index (χ3v) is 5.55. The van der Waals surface area contributed by atoms with Crippen LogP contribution in [0.25, 0.3) is 5.57 Å². The smallest absolute Gasteiger partial charge is 0.227 e. The minimum Gasteiger partial charge on any atom is -0.366 e. The van der Waals surface area contributed by atoms with Gasteiger partial charge in [-0.25, -0.2) is 4.39 Å². The molecule has 1 aromatic carbocycles. The van der Waals surface area contributed by atoms with E-state index in [0.29, 0.717) is 56.4 Å². The summed E-state index contributed by atoms with van der Waals surface area (Å²) in [6, 6.07) is 6.76. The molecule has 0 spiro atoms. The van der Waals surface area contributed by atoms with E-state index in [9.17, 15) is 9.18 Å². The SMILES string of the molecule is CN1CC=C(c2noc(CCC(=O)N3CCN(c4ccccc4F)CC3)n2)CC1. The van der Waals surface area contributed by atoms with Crippen molar-refractivity contribution in [2.24, 2.45) is 0 Å². The summed E-state index contributed by atoms with van der Waals surface area (Å²) < 4.78 is 19.3. The monoisotopic (exact) mass is 399 g/mol. The molecule has 8 heteroatoms. The average molecular weight is 399 g/mol. The van der Waals surface area contributed by atoms with E-state index < -0.39 is 0 Å². The molecule has 0 aliphatic carbocycles. The van der Waals surface area contributed by atoms with E-state index >= 15 is 0 Å². The normalized spacial score (nSPS) is 18.1. The van der Waals surface area contributed by atoms with E-state index in [4.69, 9.17) is 4.52 Å². The minimum absolute atomic E-state index is 0.0661. The van der Waals surface area contributed by atoms with Gasteiger partial charge < -0.3 is 19.2 Å². The lowest BCUT2D eigenvalue weighted by molar-refractivity contribution is -0.131. The van der Waals surface area contributed by atoms with Crippen molar-refractivity contribution in [3.63, 3.8) is 0 Å². The number of hydrogen-bond donors (Lipinski definition) is 0. The number of nitrogens with zero attached hydrogens (tertiary/aromatic N) is 5. The van der Waals surface area contributed by atoms with Crippen LogP contribution in [0.3, 0.4) is 0 Å². The zero-order chi connectivity index (χ0) is 20.2. The van der Waals surface area contributed by atoms with Crippen molar-refractivity contribution in [3.05, 3.63) is 47.9 Å². The predicted molar refractivity (Wildman–Crippen MR) is 108 cm³/mol. The zero-order valence-electron chi connectivity index (χ0n) is 16.7. The highest BCUT2D eigenvalue weighted by Crippen LogP contribution is 2.21. The first-order valence-corrected chi connectivity index (χ1v) is 10.1. The molecule has 29 heavy (non-hydrogen) atoms. The number of aromatic nitrogens is 2. The molecule has 0 atom stereocenters. The van der Waals surface area contributed by atoms with Crippen molar-refractivity contribution in [2.45, 2.75) is 19.3 Å². The van der Waals surface area contributed by atoms with E-state index in [1.54, 1.807) is 12.1 Å². The number of carbonyl (C=O) groups is 1. The fraction of sp³-hybridized carbons (Fsp3) is 0.476. The Labute approximate surface area is 169 Å². The number of carbonyl (C=O) groups excluding carboxylic acids is 1. The van der Waals surface area contributed by atoms with E-state index in [1.165, 1.54) is 6.07 Å². The van der Waals surface area contributed by atoms with Gasteiger partial charge in [0.2, 0.25) is 11.8 Å². The lowest BCUT2D eigenvalue weighted by Gasteiger charge is -2.36. The van der Waals surface area contributed by atoms with Crippen LogP contribution in [0.2, 0.25) is 0 Å². The first-order valence-electron chi connectivity index (χ1n) is 10.1. The maximum atomic E-state index is 13.9. The molecule has 1 saturated heterocycles. The minimum atomic E-state index is -0.223. The summed E-state index contributed by atoms with van der Waals surface area (Å²) in [6.45, 7) is 4.29. The van der Waals surface area contributed by atoms with Gasteiger partial charge in [-0.1, -0.05) is 23.4 Å². The molecule has 7 nitrogen and oxygen atoms in total. The first kappa shape index (κ1) is 19.6. The highest BCUT2D eigenvalue weighted by Gasteiger charge is 2.23. The standard InChI is InChI=1S/C21H26FN5O2/c1-25-10-8-16(9-11-25)21-23-19(29-24-21)6-7-20(28)27-14-12-26(13-15-27)18-5-3-2-4-17(18)22/h2-5,8H,6-7,9-15H2,1H3. The molecule has 0 saturated carbocycles. The van der Waals surface area contributed by atoms with Gasteiger partial charge >= 0.3 is 0 Å². The Hall–Kier alpha value is -2.74. The Morgan fingerprint density at radius 2 is 1.97 bits per heavy atom. The second kappa shape index (κ2) is 8.73. The van der Waals surface area contributed by atoms with Gasteiger partial charge in [-0.05, 0) is 31.2 Å². The molecule has 1 amide bonds. The van der Waals surface area contributed by atoms with Gasteiger partial charge in [0, 0.05) is 52.1 Å². The van der Waals surface area contributed by atoms with Gasteiger partial charge in [0.15, 0.2) is 5.82 Å². The molecule has 1 fully saturated rings. The number of piperazine rings is 1. The lowest BCUT2D eigenvalue weighted by atomic mass is 10.1. The molecule has 2 aliphatic heterocycles. The summed E-state index contributed by atoms with van der Waals surface area (Å²) in [7, 11) is 2.08. The van der Waals surface area contributed by atoms with Gasteiger partial charge in [-0.15, -0.1) is 0 Å². The molecule has 0 unspecified atom stereocenters. The predicted octanol–water partition coefficient (Wildman–Crippen LogP) is 2.21. The van der Waals surface area contributed by atoms with Gasteiger partial charge in [0.1, 0.15) is 5.82 Å². The van der Waals surface area contributed by atoms with Crippen LogP contribution in [-0.4, -0.2) is 72.2 Å². The molecule has 0 bridgehead atoms. The largest absolute Gasteiger partial charge is 0.366 e. The van der Waals surface area contributed by atoms with Crippen LogP contribution in [0.5, 0.6) is 0 Å². The Bertz CT molecular complexity index is 889. The molecule has 3 heterocycles. The molecule has 154 valence electrons. The average Bonchev–Trinajstić information content (AvgIpc) is 3.22. The lowest BCUT2D eigenvalue weighted by Crippen LogP contribution is -2.49. The second-order valence-electron chi connectivity index (χ2n) is 7.57. The van der Waals surface area contributed by atoms with Crippen molar-refractivity contribution in [2.75, 3.05) is 51.2 Å². The maximum Gasteiger partial charge on any atom is 0.227 e. The van der Waals surface area contributed by atoms with Crippen molar-refractivity contribution < 1.29 is 13.7 Å². The van der Waals surface area contributed by atoms with Crippen LogP contribution >= 0.6 is 0 Å². The molecule has 1 aromatic heterocycles. The molecular weight excluding hydrogens is 373 g/mol. The van der Waals surface area contributed by atoms with Gasteiger partial charge in [0.25, 0.3) is 0 Å². The number of halogens is 1.